The van der Waals surface area contributed by atoms with Crippen molar-refractivity contribution in [3.63, 3.8) is 0 Å². The summed E-state index contributed by atoms with van der Waals surface area (Å²) < 4.78 is 0.832. The Labute approximate surface area is 130 Å². The second-order valence-electron chi connectivity index (χ2n) is 4.95. The minimum Gasteiger partial charge on any atom is -0.356 e. The molecule has 6 heteroatoms. The first-order valence-electron chi connectivity index (χ1n) is 6.61. The quantitative estimate of drug-likeness (QED) is 0.876. The van der Waals surface area contributed by atoms with Gasteiger partial charge in [-0.2, -0.15) is 0 Å². The fourth-order valence-corrected chi connectivity index (χ4v) is 2.85. The topological polar surface area (TPSA) is 65.2 Å². The molecule has 21 heavy (non-hydrogen) atoms. The van der Waals surface area contributed by atoms with E-state index in [1.807, 2.05) is 18.2 Å². The fourth-order valence-electron chi connectivity index (χ4n) is 2.50. The summed E-state index contributed by atoms with van der Waals surface area (Å²) in [6.07, 6.45) is 2.52. The Morgan fingerprint density at radius 2 is 2.14 bits per heavy atom. The molecule has 2 N–H and O–H groups in total. The van der Waals surface area contributed by atoms with E-state index in [0.29, 0.717) is 12.2 Å². The number of carbonyl (C=O) groups excluding carboxylic acids is 2. The van der Waals surface area contributed by atoms with Gasteiger partial charge in [-0.1, -0.05) is 0 Å². The third-order valence-electron chi connectivity index (χ3n) is 3.51. The summed E-state index contributed by atoms with van der Waals surface area (Å²) in [4.78, 5) is 28.2. The minimum absolute atomic E-state index is 0.0433. The van der Waals surface area contributed by atoms with Gasteiger partial charge in [-0.3, -0.25) is 9.59 Å². The molecule has 1 aliphatic rings. The lowest BCUT2D eigenvalue weighted by Crippen LogP contribution is -2.25. The first-order valence-corrected chi connectivity index (χ1v) is 7.40. The Morgan fingerprint density at radius 1 is 1.33 bits per heavy atom. The number of benzene rings is 1. The standard InChI is InChI=1S/C15H14BrN3O2/c1-9(20)19-5-4-10-6-12(2-3-14(10)19)18-15(21)13-7-11(16)8-17-13/h2-3,6-8,17H,4-5H2,1H3,(H,18,21). The van der Waals surface area contributed by atoms with E-state index in [2.05, 4.69) is 26.2 Å². The van der Waals surface area contributed by atoms with Crippen LogP contribution in [0.2, 0.25) is 0 Å². The highest BCUT2D eigenvalue weighted by atomic mass is 79.9. The number of aromatic nitrogens is 1. The van der Waals surface area contributed by atoms with Gasteiger partial charge in [0.1, 0.15) is 5.69 Å². The van der Waals surface area contributed by atoms with Gasteiger partial charge in [-0.15, -0.1) is 0 Å². The molecule has 0 bridgehead atoms. The number of carbonyl (C=O) groups is 2. The van der Waals surface area contributed by atoms with E-state index >= 15 is 0 Å². The maximum absolute atomic E-state index is 12.1. The SMILES string of the molecule is CC(=O)N1CCc2cc(NC(=O)c3cc(Br)c[nH]3)ccc21. The molecule has 0 atom stereocenters. The van der Waals surface area contributed by atoms with Gasteiger partial charge in [-0.05, 0) is 52.2 Å². The van der Waals surface area contributed by atoms with Crippen LogP contribution in [0.3, 0.4) is 0 Å². The lowest BCUT2D eigenvalue weighted by Gasteiger charge is -2.15. The average molecular weight is 348 g/mol. The largest absolute Gasteiger partial charge is 0.356 e. The number of nitrogens with one attached hydrogen (secondary N) is 2. The first-order chi connectivity index (χ1) is 10.0. The lowest BCUT2D eigenvalue weighted by atomic mass is 10.1. The summed E-state index contributed by atoms with van der Waals surface area (Å²) in [7, 11) is 0. The molecule has 1 aromatic carbocycles. The summed E-state index contributed by atoms with van der Waals surface area (Å²) in [5.41, 5.74) is 3.24. The second-order valence-corrected chi connectivity index (χ2v) is 5.87. The molecule has 5 nitrogen and oxygen atoms in total. The summed E-state index contributed by atoms with van der Waals surface area (Å²) in [5, 5.41) is 2.85. The number of anilines is 2. The molecule has 0 aliphatic carbocycles. The van der Waals surface area contributed by atoms with Crippen molar-refractivity contribution in [3.05, 3.63) is 46.2 Å². The number of H-pyrrole nitrogens is 1. The van der Waals surface area contributed by atoms with Crippen molar-refractivity contribution in [1.82, 2.24) is 4.98 Å². The number of amides is 2. The van der Waals surface area contributed by atoms with Crippen LogP contribution in [0.1, 0.15) is 23.0 Å². The van der Waals surface area contributed by atoms with Gasteiger partial charge in [0.25, 0.3) is 5.91 Å². The van der Waals surface area contributed by atoms with Crippen LogP contribution >= 0.6 is 15.9 Å². The summed E-state index contributed by atoms with van der Waals surface area (Å²) in [5.74, 6) is -0.149. The molecule has 0 fully saturated rings. The van der Waals surface area contributed by atoms with Gasteiger partial charge in [0.2, 0.25) is 5.91 Å². The Balaban J connectivity index is 1.79. The van der Waals surface area contributed by atoms with Crippen molar-refractivity contribution in [1.29, 1.82) is 0 Å². The average Bonchev–Trinajstić information content (AvgIpc) is 3.04. The monoisotopic (exact) mass is 347 g/mol. The molecule has 2 aromatic rings. The van der Waals surface area contributed by atoms with Crippen LogP contribution < -0.4 is 10.2 Å². The van der Waals surface area contributed by atoms with Crippen LogP contribution in [0, 0.1) is 0 Å². The van der Waals surface area contributed by atoms with E-state index in [1.165, 1.54) is 0 Å². The van der Waals surface area contributed by atoms with Crippen LogP contribution in [0.4, 0.5) is 11.4 Å². The molecule has 0 saturated heterocycles. The highest BCUT2D eigenvalue weighted by molar-refractivity contribution is 9.10. The number of aromatic amines is 1. The Hall–Kier alpha value is -2.08. The molecule has 1 aliphatic heterocycles. The number of hydrogen-bond donors (Lipinski definition) is 2. The van der Waals surface area contributed by atoms with Crippen LogP contribution in [-0.2, 0) is 11.2 Å². The molecule has 0 radical (unpaired) electrons. The molecule has 2 heterocycles. The van der Waals surface area contributed by atoms with E-state index in [4.69, 9.17) is 0 Å². The van der Waals surface area contributed by atoms with Crippen molar-refractivity contribution in [2.24, 2.45) is 0 Å². The summed E-state index contributed by atoms with van der Waals surface area (Å²) in [6, 6.07) is 7.34. The van der Waals surface area contributed by atoms with Crippen molar-refractivity contribution in [3.8, 4) is 0 Å². The maximum atomic E-state index is 12.1. The van der Waals surface area contributed by atoms with Crippen molar-refractivity contribution < 1.29 is 9.59 Å². The summed E-state index contributed by atoms with van der Waals surface area (Å²) >= 11 is 3.30. The van der Waals surface area contributed by atoms with E-state index < -0.39 is 0 Å². The van der Waals surface area contributed by atoms with Gasteiger partial charge >= 0.3 is 0 Å². The van der Waals surface area contributed by atoms with Crippen molar-refractivity contribution in [2.75, 3.05) is 16.8 Å². The Morgan fingerprint density at radius 3 is 2.81 bits per heavy atom. The normalized spacial score (nSPS) is 13.1. The third-order valence-corrected chi connectivity index (χ3v) is 3.96. The smallest absolute Gasteiger partial charge is 0.272 e. The van der Waals surface area contributed by atoms with Gasteiger partial charge in [0.05, 0.1) is 0 Å². The maximum Gasteiger partial charge on any atom is 0.272 e. The molecule has 0 saturated carbocycles. The second kappa shape index (κ2) is 5.37. The third kappa shape index (κ3) is 2.71. The molecule has 108 valence electrons. The Bertz CT molecular complexity index is 723. The number of rotatable bonds is 2. The number of nitrogens with zero attached hydrogens (tertiary/aromatic N) is 1. The van der Waals surface area contributed by atoms with E-state index in [-0.39, 0.29) is 11.8 Å². The van der Waals surface area contributed by atoms with Gasteiger partial charge in [0, 0.05) is 35.5 Å². The van der Waals surface area contributed by atoms with E-state index in [0.717, 1.165) is 27.8 Å². The zero-order chi connectivity index (χ0) is 15.0. The van der Waals surface area contributed by atoms with Crippen LogP contribution in [-0.4, -0.2) is 23.3 Å². The molecule has 0 unspecified atom stereocenters. The van der Waals surface area contributed by atoms with E-state index in [9.17, 15) is 9.59 Å². The number of hydrogen-bond acceptors (Lipinski definition) is 2. The highest BCUT2D eigenvalue weighted by Gasteiger charge is 2.22. The van der Waals surface area contributed by atoms with Crippen molar-refractivity contribution in [2.45, 2.75) is 13.3 Å². The highest BCUT2D eigenvalue weighted by Crippen LogP contribution is 2.30. The van der Waals surface area contributed by atoms with E-state index in [1.54, 1.807) is 24.1 Å². The Kier molecular flexibility index (Phi) is 3.55. The zero-order valence-electron chi connectivity index (χ0n) is 11.4. The van der Waals surface area contributed by atoms with Crippen LogP contribution in [0.5, 0.6) is 0 Å². The molecule has 3 rings (SSSR count). The van der Waals surface area contributed by atoms with Gasteiger partial charge in [0.15, 0.2) is 0 Å². The van der Waals surface area contributed by atoms with Crippen molar-refractivity contribution >= 4 is 39.1 Å². The molecular weight excluding hydrogens is 334 g/mol. The minimum atomic E-state index is -0.193. The number of halogens is 1. The number of fused-ring (bicyclic) bond motifs is 1. The summed E-state index contributed by atoms with van der Waals surface area (Å²) in [6.45, 7) is 2.26. The fraction of sp³-hybridized carbons (Fsp3) is 0.200. The van der Waals surface area contributed by atoms with Gasteiger partial charge in [-0.25, -0.2) is 0 Å². The molecule has 0 spiro atoms. The van der Waals surface area contributed by atoms with Crippen LogP contribution in [0.25, 0.3) is 0 Å². The molecular formula is C15H14BrN3O2. The molecule has 1 aromatic heterocycles. The first kappa shape index (κ1) is 13.9. The van der Waals surface area contributed by atoms with Crippen LogP contribution in [0.15, 0.2) is 34.9 Å². The molecule has 2 amide bonds. The zero-order valence-corrected chi connectivity index (χ0v) is 13.0. The van der Waals surface area contributed by atoms with Gasteiger partial charge < -0.3 is 15.2 Å². The predicted molar refractivity (Wildman–Crippen MR) is 84.6 cm³/mol. The predicted octanol–water partition coefficient (Wildman–Crippen LogP) is 2.94. The lowest BCUT2D eigenvalue weighted by molar-refractivity contribution is -0.116.